The number of nitrogens with zero attached hydrogens (tertiary/aromatic N) is 3. The lowest BCUT2D eigenvalue weighted by molar-refractivity contribution is 0.0512. The number of rotatable bonds is 5. The number of fused-ring (bicyclic) bond motifs is 1. The van der Waals surface area contributed by atoms with Gasteiger partial charge >= 0.3 is 6.09 Å². The molecule has 1 atom stereocenters. The smallest absolute Gasteiger partial charge is 0.407 e. The summed E-state index contributed by atoms with van der Waals surface area (Å²) in [6, 6.07) is 7.05. The predicted molar refractivity (Wildman–Crippen MR) is 96.6 cm³/mol. The molecule has 2 aromatic rings. The number of likely N-dealkylation sites (N-methyl/N-ethyl adjacent to an activating group) is 1. The summed E-state index contributed by atoms with van der Waals surface area (Å²) in [4.78, 5) is 30.4. The van der Waals surface area contributed by atoms with Crippen LogP contribution in [0.3, 0.4) is 0 Å². The number of nitrogens with one attached hydrogen (secondary N) is 1. The zero-order chi connectivity index (χ0) is 18.6. The molecule has 7 nitrogen and oxygen atoms in total. The fourth-order valence-electron chi connectivity index (χ4n) is 2.30. The molecular weight excluding hydrogens is 320 g/mol. The van der Waals surface area contributed by atoms with E-state index in [1.54, 1.807) is 18.3 Å². The van der Waals surface area contributed by atoms with Gasteiger partial charge in [-0.1, -0.05) is 6.07 Å². The summed E-state index contributed by atoms with van der Waals surface area (Å²) in [7, 11) is 1.93. The van der Waals surface area contributed by atoms with Crippen LogP contribution in [0.1, 0.15) is 33.4 Å². The lowest BCUT2D eigenvalue weighted by Crippen LogP contribution is -2.42. The standard InChI is InChI=1S/C18H26N4O3/c1-13(11-19-17(24)25-18(2,3)4)21(5)12-14-10-16(23)22-9-7-6-8-15(22)20-14/h6-10,13H,11-12H2,1-5H3,(H,19,24). The molecule has 2 rings (SSSR count). The first-order chi connectivity index (χ1) is 11.7. The van der Waals surface area contributed by atoms with Crippen LogP contribution >= 0.6 is 0 Å². The Labute approximate surface area is 147 Å². The normalized spacial score (nSPS) is 13.0. The van der Waals surface area contributed by atoms with Crippen LogP contribution in [0, 0.1) is 0 Å². The number of carbonyl (C=O) groups is 1. The highest BCUT2D eigenvalue weighted by atomic mass is 16.6. The molecule has 1 N–H and O–H groups in total. The molecule has 1 unspecified atom stereocenters. The lowest BCUT2D eigenvalue weighted by atomic mass is 10.2. The Morgan fingerprint density at radius 2 is 2.12 bits per heavy atom. The van der Waals surface area contributed by atoms with Gasteiger partial charge in [-0.05, 0) is 46.9 Å². The van der Waals surface area contributed by atoms with Crippen LogP contribution in [0.4, 0.5) is 4.79 Å². The van der Waals surface area contributed by atoms with Crippen molar-refractivity contribution in [3.05, 3.63) is 46.5 Å². The van der Waals surface area contributed by atoms with Gasteiger partial charge in [0.15, 0.2) is 0 Å². The highest BCUT2D eigenvalue weighted by Crippen LogP contribution is 2.07. The number of ether oxygens (including phenoxy) is 1. The van der Waals surface area contributed by atoms with Gasteiger partial charge in [-0.25, -0.2) is 9.78 Å². The van der Waals surface area contributed by atoms with E-state index in [0.717, 1.165) is 0 Å². The third-order valence-corrected chi connectivity index (χ3v) is 3.73. The van der Waals surface area contributed by atoms with E-state index >= 15 is 0 Å². The van der Waals surface area contributed by atoms with Crippen LogP contribution in [-0.2, 0) is 11.3 Å². The van der Waals surface area contributed by atoms with Crippen LogP contribution in [0.15, 0.2) is 35.3 Å². The summed E-state index contributed by atoms with van der Waals surface area (Å²) in [6.07, 6.45) is 1.26. The minimum absolute atomic E-state index is 0.0588. The molecule has 0 bridgehead atoms. The Kier molecular flexibility index (Phi) is 5.79. The third kappa shape index (κ3) is 5.56. The Bertz CT molecular complexity index is 795. The zero-order valence-corrected chi connectivity index (χ0v) is 15.4. The van der Waals surface area contributed by atoms with E-state index in [9.17, 15) is 9.59 Å². The number of amides is 1. The summed E-state index contributed by atoms with van der Waals surface area (Å²) in [5, 5.41) is 2.76. The van der Waals surface area contributed by atoms with Crippen LogP contribution in [-0.4, -0.2) is 45.6 Å². The van der Waals surface area contributed by atoms with Crippen LogP contribution in [0.5, 0.6) is 0 Å². The predicted octanol–water partition coefficient (Wildman–Crippen LogP) is 2.04. The van der Waals surface area contributed by atoms with E-state index < -0.39 is 11.7 Å². The van der Waals surface area contributed by atoms with Gasteiger partial charge in [0.05, 0.1) is 5.69 Å². The molecule has 0 spiro atoms. The van der Waals surface area contributed by atoms with Gasteiger partial charge in [0.2, 0.25) is 0 Å². The van der Waals surface area contributed by atoms with E-state index in [4.69, 9.17) is 4.74 Å². The van der Waals surface area contributed by atoms with Crippen molar-refractivity contribution in [2.24, 2.45) is 0 Å². The van der Waals surface area contributed by atoms with E-state index in [1.165, 1.54) is 10.5 Å². The summed E-state index contributed by atoms with van der Waals surface area (Å²) in [5.74, 6) is 0. The molecule has 0 aliphatic carbocycles. The molecule has 1 amide bonds. The molecule has 0 aromatic carbocycles. The Morgan fingerprint density at radius 1 is 1.40 bits per heavy atom. The quantitative estimate of drug-likeness (QED) is 0.897. The molecule has 2 heterocycles. The SMILES string of the molecule is CC(CNC(=O)OC(C)(C)C)N(C)Cc1cc(=O)n2ccccc2n1. The minimum Gasteiger partial charge on any atom is -0.444 e. The molecule has 0 fully saturated rings. The first kappa shape index (κ1) is 18.9. The summed E-state index contributed by atoms with van der Waals surface area (Å²) in [5.41, 5.74) is 0.700. The molecule has 0 saturated heterocycles. The Hall–Kier alpha value is -2.41. The molecule has 0 aliphatic heterocycles. The molecule has 7 heteroatoms. The maximum Gasteiger partial charge on any atom is 0.407 e. The van der Waals surface area contributed by atoms with E-state index in [2.05, 4.69) is 10.3 Å². The maximum absolute atomic E-state index is 12.1. The van der Waals surface area contributed by atoms with Gasteiger partial charge in [-0.3, -0.25) is 14.1 Å². The monoisotopic (exact) mass is 346 g/mol. The van der Waals surface area contributed by atoms with Crippen molar-refractivity contribution in [1.82, 2.24) is 19.6 Å². The Morgan fingerprint density at radius 3 is 2.80 bits per heavy atom. The molecule has 0 radical (unpaired) electrons. The van der Waals surface area contributed by atoms with E-state index in [0.29, 0.717) is 24.4 Å². The average Bonchev–Trinajstić information content (AvgIpc) is 2.51. The topological polar surface area (TPSA) is 75.9 Å². The summed E-state index contributed by atoms with van der Waals surface area (Å²) < 4.78 is 6.74. The second kappa shape index (κ2) is 7.65. The van der Waals surface area contributed by atoms with E-state index in [-0.39, 0.29) is 11.6 Å². The molecular formula is C18H26N4O3. The van der Waals surface area contributed by atoms with Gasteiger partial charge in [0.1, 0.15) is 11.2 Å². The average molecular weight is 346 g/mol. The highest BCUT2D eigenvalue weighted by molar-refractivity contribution is 5.67. The van der Waals surface area contributed by atoms with E-state index in [1.807, 2.05) is 45.7 Å². The van der Waals surface area contributed by atoms with Crippen molar-refractivity contribution in [1.29, 1.82) is 0 Å². The summed E-state index contributed by atoms with van der Waals surface area (Å²) >= 11 is 0. The molecule has 0 saturated carbocycles. The highest BCUT2D eigenvalue weighted by Gasteiger charge is 2.18. The van der Waals surface area contributed by atoms with Crippen LogP contribution < -0.4 is 10.9 Å². The maximum atomic E-state index is 12.1. The number of carbonyl (C=O) groups excluding carboxylic acids is 1. The number of aromatic nitrogens is 2. The first-order valence-electron chi connectivity index (χ1n) is 8.30. The van der Waals surface area contributed by atoms with Crippen molar-refractivity contribution in [3.63, 3.8) is 0 Å². The Balaban J connectivity index is 1.96. The van der Waals surface area contributed by atoms with Crippen molar-refractivity contribution >= 4 is 11.7 Å². The van der Waals surface area contributed by atoms with Gasteiger partial charge < -0.3 is 10.1 Å². The lowest BCUT2D eigenvalue weighted by Gasteiger charge is -2.25. The number of alkyl carbamates (subject to hydrolysis) is 1. The number of hydrogen-bond donors (Lipinski definition) is 1. The first-order valence-corrected chi connectivity index (χ1v) is 8.30. The number of pyridine rings is 1. The molecule has 25 heavy (non-hydrogen) atoms. The largest absolute Gasteiger partial charge is 0.444 e. The second-order valence-electron chi connectivity index (χ2n) is 7.16. The van der Waals surface area contributed by atoms with Crippen molar-refractivity contribution in [2.45, 2.75) is 45.9 Å². The van der Waals surface area contributed by atoms with Crippen LogP contribution in [0.25, 0.3) is 5.65 Å². The van der Waals surface area contributed by atoms with Crippen LogP contribution in [0.2, 0.25) is 0 Å². The third-order valence-electron chi connectivity index (χ3n) is 3.73. The number of hydrogen-bond acceptors (Lipinski definition) is 5. The minimum atomic E-state index is -0.517. The second-order valence-corrected chi connectivity index (χ2v) is 7.16. The van der Waals surface area contributed by atoms with Crippen molar-refractivity contribution in [3.8, 4) is 0 Å². The molecule has 0 aliphatic rings. The molecule has 2 aromatic heterocycles. The van der Waals surface area contributed by atoms with Gasteiger partial charge in [0, 0.05) is 31.4 Å². The summed E-state index contributed by atoms with van der Waals surface area (Å²) in [6.45, 7) is 8.42. The molecule has 136 valence electrons. The fourth-order valence-corrected chi connectivity index (χ4v) is 2.30. The van der Waals surface area contributed by atoms with Gasteiger partial charge in [-0.15, -0.1) is 0 Å². The van der Waals surface area contributed by atoms with Gasteiger partial charge in [-0.2, -0.15) is 0 Å². The van der Waals surface area contributed by atoms with Gasteiger partial charge in [0.25, 0.3) is 5.56 Å². The zero-order valence-electron chi connectivity index (χ0n) is 15.4. The fraction of sp³-hybridized carbons (Fsp3) is 0.500. The van der Waals surface area contributed by atoms with Crippen molar-refractivity contribution < 1.29 is 9.53 Å². The van der Waals surface area contributed by atoms with Crippen molar-refractivity contribution in [2.75, 3.05) is 13.6 Å².